The van der Waals surface area contributed by atoms with Crippen LogP contribution >= 0.6 is 0 Å². The summed E-state index contributed by atoms with van der Waals surface area (Å²) in [5.74, 6) is -2.22. The molecule has 3 amide bonds. The number of carbonyl (C=O) groups is 4. The molecule has 0 aliphatic carbocycles. The maximum absolute atomic E-state index is 14.8. The number of H-pyrrole nitrogens is 1. The molecule has 0 radical (unpaired) electrons. The van der Waals surface area contributed by atoms with Gasteiger partial charge in [0, 0.05) is 38.4 Å². The molecule has 3 aromatic rings. The lowest BCUT2D eigenvalue weighted by Gasteiger charge is -2.30. The quantitative estimate of drug-likeness (QED) is 0.258. The number of aromatic amines is 1. The molecule has 0 aromatic carbocycles. The van der Waals surface area contributed by atoms with Crippen LogP contribution < -0.4 is 10.6 Å². The van der Waals surface area contributed by atoms with Gasteiger partial charge in [-0.05, 0) is 38.7 Å². The number of nitrogens with one attached hydrogen (secondary N) is 3. The molecule has 1 saturated heterocycles. The van der Waals surface area contributed by atoms with E-state index in [4.69, 9.17) is 9.15 Å². The Morgan fingerprint density at radius 2 is 2.00 bits per heavy atom. The molecule has 5 heterocycles. The molecule has 1 fully saturated rings. The molecule has 290 valence electrons. The Morgan fingerprint density at radius 3 is 2.76 bits per heavy atom. The number of aromatic nitrogens is 6. The van der Waals surface area contributed by atoms with E-state index in [1.807, 2.05) is 20.8 Å². The zero-order chi connectivity index (χ0) is 38.8. The number of carbonyl (C=O) groups excluding carboxylic acids is 4. The van der Waals surface area contributed by atoms with Crippen LogP contribution in [0.15, 0.2) is 59.0 Å². The summed E-state index contributed by atoms with van der Waals surface area (Å²) in [6, 6.07) is -0.925. The van der Waals surface area contributed by atoms with Crippen LogP contribution in [-0.4, -0.2) is 108 Å². The number of alkyl halides is 1. The average Bonchev–Trinajstić information content (AvgIpc) is 3.94. The van der Waals surface area contributed by atoms with Crippen LogP contribution in [0.4, 0.5) is 4.39 Å². The van der Waals surface area contributed by atoms with Gasteiger partial charge < -0.3 is 34.8 Å². The number of aryl methyl sites for hydroxylation is 1. The van der Waals surface area contributed by atoms with E-state index in [0.29, 0.717) is 30.7 Å². The van der Waals surface area contributed by atoms with E-state index in [1.54, 1.807) is 42.2 Å². The molecular formula is C37H48FN9O7. The maximum Gasteiger partial charge on any atom is 0.329 e. The molecule has 0 spiro atoms. The van der Waals surface area contributed by atoms with Crippen molar-refractivity contribution in [3.8, 4) is 11.4 Å². The van der Waals surface area contributed by atoms with E-state index in [0.717, 1.165) is 17.8 Å². The van der Waals surface area contributed by atoms with Gasteiger partial charge in [0.25, 0.3) is 5.91 Å². The lowest BCUT2D eigenvalue weighted by atomic mass is 9.89. The minimum absolute atomic E-state index is 0.00544. The van der Waals surface area contributed by atoms with Crippen LogP contribution in [0.2, 0.25) is 0 Å². The van der Waals surface area contributed by atoms with Gasteiger partial charge in [0.15, 0.2) is 11.6 Å². The van der Waals surface area contributed by atoms with E-state index in [-0.39, 0.29) is 62.3 Å². The van der Waals surface area contributed by atoms with E-state index >= 15 is 0 Å². The number of aliphatic hydroxyl groups is 1. The van der Waals surface area contributed by atoms with Crippen LogP contribution in [-0.2, 0) is 32.1 Å². The van der Waals surface area contributed by atoms with Gasteiger partial charge in [0.05, 0.1) is 37.2 Å². The van der Waals surface area contributed by atoms with Crippen molar-refractivity contribution in [1.29, 1.82) is 0 Å². The number of cyclic esters (lactones) is 1. The Hall–Kier alpha value is -5.45. The molecule has 5 rings (SSSR count). The number of imidazole rings is 1. The molecular weight excluding hydrogens is 701 g/mol. The fourth-order valence-corrected chi connectivity index (χ4v) is 6.44. The minimum atomic E-state index is -1.50. The third-order valence-corrected chi connectivity index (χ3v) is 9.11. The van der Waals surface area contributed by atoms with Gasteiger partial charge in [0.2, 0.25) is 11.8 Å². The summed E-state index contributed by atoms with van der Waals surface area (Å²) in [5.41, 5.74) is 1.93. The Balaban J connectivity index is 1.32. The fourth-order valence-electron chi connectivity index (χ4n) is 6.44. The Bertz CT molecular complexity index is 1860. The van der Waals surface area contributed by atoms with Gasteiger partial charge in [-0.2, -0.15) is 0 Å². The number of allylic oxidation sites excluding steroid dienone is 2. The number of fused-ring (bicyclic) bond motifs is 3. The first-order chi connectivity index (χ1) is 25.9. The first kappa shape index (κ1) is 39.8. The zero-order valence-electron chi connectivity index (χ0n) is 30.9. The number of nitrogens with zero attached hydrogens (tertiary/aromatic N) is 6. The molecule has 16 nitrogen and oxygen atoms in total. The standard InChI is InChI=1S/C37H48FN9O7/c1-22(2)35-25(16-33(50)40-12-14-46-20-29(44-45-46)28-19-41-24(4)42-28)9-10-32(49)39-11-5-7-23(3)15-27(48)17-26(38)18-34-43-30(21-53-34)36(51)47-13-6-8-31(47)37(52)54-35/h5,7,9-10,15,19-22,25-27,31,35,48H,6,8,11-14,16-18H2,1-4H3,(H,39,49)(H,40,50)(H,41,42)/b7-5?,10-9+,23-15?. The predicted octanol–water partition coefficient (Wildman–Crippen LogP) is 2.78. The van der Waals surface area contributed by atoms with Crippen molar-refractivity contribution in [2.75, 3.05) is 19.6 Å². The number of hydrogen-bond acceptors (Lipinski definition) is 11. The lowest BCUT2D eigenvalue weighted by Crippen LogP contribution is -2.44. The van der Waals surface area contributed by atoms with E-state index < -0.39 is 48.1 Å². The van der Waals surface area contributed by atoms with Gasteiger partial charge in [-0.3, -0.25) is 19.1 Å². The predicted molar refractivity (Wildman–Crippen MR) is 193 cm³/mol. The van der Waals surface area contributed by atoms with Crippen LogP contribution in [0.3, 0.4) is 0 Å². The Kier molecular flexibility index (Phi) is 13.6. The SMILES string of the molecule is CC1=CC(O)CC(F)Cc2nc(co2)C(=O)N2CCCC2C(=O)OC(C(C)C)C(CC(=O)NCCn2cc(-c3cnc(C)[nH]3)nn2)/C=C/C(=O)NCC=C1. The molecule has 2 aliphatic rings. The summed E-state index contributed by atoms with van der Waals surface area (Å²) < 4.78 is 27.9. The highest BCUT2D eigenvalue weighted by atomic mass is 19.1. The molecule has 4 N–H and O–H groups in total. The zero-order valence-corrected chi connectivity index (χ0v) is 30.9. The Morgan fingerprint density at radius 1 is 1.19 bits per heavy atom. The molecule has 0 saturated carbocycles. The average molecular weight is 750 g/mol. The maximum atomic E-state index is 14.8. The molecule has 3 aromatic heterocycles. The van der Waals surface area contributed by atoms with E-state index in [9.17, 15) is 28.7 Å². The number of aliphatic hydroxyl groups excluding tert-OH is 1. The van der Waals surface area contributed by atoms with Gasteiger partial charge in [-0.25, -0.2) is 19.2 Å². The highest BCUT2D eigenvalue weighted by molar-refractivity contribution is 5.95. The second-order valence-electron chi connectivity index (χ2n) is 13.9. The highest BCUT2D eigenvalue weighted by Crippen LogP contribution is 2.27. The largest absolute Gasteiger partial charge is 0.460 e. The second kappa shape index (κ2) is 18.5. The number of amides is 3. The summed E-state index contributed by atoms with van der Waals surface area (Å²) in [7, 11) is 0. The lowest BCUT2D eigenvalue weighted by molar-refractivity contribution is -0.159. The first-order valence-corrected chi connectivity index (χ1v) is 18.1. The molecule has 17 heteroatoms. The summed E-state index contributed by atoms with van der Waals surface area (Å²) in [4.78, 5) is 66.3. The third-order valence-electron chi connectivity index (χ3n) is 9.11. The number of oxazole rings is 1. The van der Waals surface area contributed by atoms with Crippen molar-refractivity contribution in [3.63, 3.8) is 0 Å². The van der Waals surface area contributed by atoms with Crippen molar-refractivity contribution in [1.82, 2.24) is 45.5 Å². The van der Waals surface area contributed by atoms with Crippen molar-refractivity contribution in [2.24, 2.45) is 11.8 Å². The second-order valence-corrected chi connectivity index (χ2v) is 13.9. The van der Waals surface area contributed by atoms with Crippen molar-refractivity contribution >= 4 is 23.7 Å². The smallest absolute Gasteiger partial charge is 0.329 e. The van der Waals surface area contributed by atoms with Crippen molar-refractivity contribution in [2.45, 2.75) is 90.8 Å². The number of halogens is 1. The molecule has 5 atom stereocenters. The minimum Gasteiger partial charge on any atom is -0.460 e. The highest BCUT2D eigenvalue weighted by Gasteiger charge is 2.39. The number of rotatable bonds is 7. The summed E-state index contributed by atoms with van der Waals surface area (Å²) in [5, 5.41) is 24.3. The van der Waals surface area contributed by atoms with E-state index in [2.05, 4.69) is 35.9 Å². The number of esters is 1. The summed E-state index contributed by atoms with van der Waals surface area (Å²) >= 11 is 0. The molecule has 54 heavy (non-hydrogen) atoms. The van der Waals surface area contributed by atoms with Gasteiger partial charge in [0.1, 0.15) is 36.1 Å². The van der Waals surface area contributed by atoms with Gasteiger partial charge >= 0.3 is 5.97 Å². The molecule has 5 unspecified atom stereocenters. The Labute approximate surface area is 312 Å². The monoisotopic (exact) mass is 749 g/mol. The van der Waals surface area contributed by atoms with Crippen LogP contribution in [0.1, 0.15) is 68.7 Å². The number of ether oxygens (including phenoxy) is 1. The van der Waals surface area contributed by atoms with Gasteiger partial charge in [-0.1, -0.05) is 48.9 Å². The van der Waals surface area contributed by atoms with Crippen LogP contribution in [0.5, 0.6) is 0 Å². The fraction of sp³-hybridized carbons (Fsp3) is 0.514. The van der Waals surface area contributed by atoms with Gasteiger partial charge in [-0.15, -0.1) is 5.10 Å². The molecule has 2 aliphatic heterocycles. The van der Waals surface area contributed by atoms with Crippen LogP contribution in [0, 0.1) is 18.8 Å². The van der Waals surface area contributed by atoms with Crippen molar-refractivity contribution in [3.05, 3.63) is 72.0 Å². The summed E-state index contributed by atoms with van der Waals surface area (Å²) in [6.07, 6.45) is 9.16. The normalized spacial score (nSPS) is 24.1. The van der Waals surface area contributed by atoms with Crippen LogP contribution in [0.25, 0.3) is 11.4 Å². The van der Waals surface area contributed by atoms with E-state index in [1.165, 1.54) is 17.1 Å². The first-order valence-electron chi connectivity index (χ1n) is 18.1. The molecule has 2 bridgehead atoms. The number of hydrogen-bond donors (Lipinski definition) is 4. The topological polar surface area (TPSA) is 210 Å². The van der Waals surface area contributed by atoms with Crippen molar-refractivity contribution < 1.29 is 37.8 Å². The summed E-state index contributed by atoms with van der Waals surface area (Å²) in [6.45, 7) is 8.26. The third kappa shape index (κ3) is 11.0.